The van der Waals surface area contributed by atoms with Crippen LogP contribution in [0.25, 0.3) is 0 Å². The van der Waals surface area contributed by atoms with Gasteiger partial charge in [0.1, 0.15) is 11.4 Å². The number of fused-ring (bicyclic) bond motifs is 4. The quantitative estimate of drug-likeness (QED) is 0.228. The van der Waals surface area contributed by atoms with E-state index in [9.17, 15) is 9.00 Å². The van der Waals surface area contributed by atoms with Gasteiger partial charge in [0.25, 0.3) is 5.91 Å². The van der Waals surface area contributed by atoms with Crippen molar-refractivity contribution in [3.8, 4) is 11.6 Å². The summed E-state index contributed by atoms with van der Waals surface area (Å²) >= 11 is 6.49. The fourth-order valence-electron chi connectivity index (χ4n) is 8.82. The lowest BCUT2D eigenvalue weighted by Crippen LogP contribution is -2.52. The van der Waals surface area contributed by atoms with Crippen LogP contribution >= 0.6 is 11.6 Å². The summed E-state index contributed by atoms with van der Waals surface area (Å²) in [5, 5.41) is 0.364. The van der Waals surface area contributed by atoms with Gasteiger partial charge in [0.05, 0.1) is 34.7 Å². The number of halogens is 1. The lowest BCUT2D eigenvalue weighted by atomic mass is 9.62. The number of pyridine rings is 1. The molecule has 1 N–H and O–H groups in total. The van der Waals surface area contributed by atoms with E-state index in [4.69, 9.17) is 25.8 Å². The number of anilines is 1. The average Bonchev–Trinajstić information content (AvgIpc) is 3.25. The van der Waals surface area contributed by atoms with Gasteiger partial charge in [0, 0.05) is 53.6 Å². The molecule has 10 heteroatoms. The van der Waals surface area contributed by atoms with E-state index in [-0.39, 0.29) is 28.4 Å². The maximum atomic E-state index is 14.0. The van der Waals surface area contributed by atoms with E-state index in [1.807, 2.05) is 38.1 Å². The molecule has 4 aliphatic rings. The number of hydrogen-bond acceptors (Lipinski definition) is 7. The molecule has 0 radical (unpaired) electrons. The van der Waals surface area contributed by atoms with Crippen molar-refractivity contribution >= 4 is 38.8 Å². The summed E-state index contributed by atoms with van der Waals surface area (Å²) in [4.78, 5) is 20.8. The largest absolute Gasteiger partial charge is 0.490 e. The van der Waals surface area contributed by atoms with Gasteiger partial charge >= 0.3 is 0 Å². The molecule has 1 aromatic heterocycles. The number of hydrogen-bond donors (Lipinski definition) is 1. The smallest absolute Gasteiger partial charge is 0.262 e. The highest BCUT2D eigenvalue weighted by Crippen LogP contribution is 2.53. The zero-order valence-corrected chi connectivity index (χ0v) is 31.0. The van der Waals surface area contributed by atoms with E-state index in [1.54, 1.807) is 26.5 Å². The standard InChI is InChI=1S/C40H48ClN3O5S/c1-26-9-6-19-40(48-4,34-11-8-20-42-38(34)47-3)33-15-12-30(33)23-44-24-39(18-7-10-28-21-31(41)14-16-32(28)39)25-49-36-17-13-29(22-35(36)44)37(45)43-50(5,46)27(26)2/h6,8,11,13-14,16-17,19-22,26-27,30,33H,5,7,9-10,12,15,18,23-25H2,1-4H3,(H,43,45,46)/b19-6+/t26-,27+,30-,33+,39-,40+,50?/m0/s1. The molecular weight excluding hydrogens is 670 g/mol. The van der Waals surface area contributed by atoms with Crippen LogP contribution in [-0.2, 0) is 31.9 Å². The van der Waals surface area contributed by atoms with E-state index in [0.717, 1.165) is 67.2 Å². The summed E-state index contributed by atoms with van der Waals surface area (Å²) in [5.74, 6) is 5.25. The number of carbonyl (C=O) groups is 1. The second-order valence-corrected chi connectivity index (χ2v) is 17.6. The number of benzene rings is 2. The average molecular weight is 718 g/mol. The van der Waals surface area contributed by atoms with E-state index in [2.05, 4.69) is 50.8 Å². The highest BCUT2D eigenvalue weighted by Gasteiger charge is 2.51. The SMILES string of the molecule is C=S1(=O)NC(=O)c2ccc3c(c2)N(C[C@@H]2CC[C@H]2[C@@](OC)(c2cccnc2OC)/C=C/C[C@H](C)[C@H]1C)C[C@@]1(CCCc2cc(Cl)ccc21)CO3. The number of methoxy groups -OCH3 is 2. The second-order valence-electron chi connectivity index (χ2n) is 14.8. The highest BCUT2D eigenvalue weighted by molar-refractivity contribution is 7.99. The van der Waals surface area contributed by atoms with Crippen LogP contribution in [0.4, 0.5) is 5.69 Å². The third-order valence-electron chi connectivity index (χ3n) is 12.0. The van der Waals surface area contributed by atoms with Crippen LogP contribution in [0.2, 0.25) is 5.02 Å². The zero-order valence-electron chi connectivity index (χ0n) is 29.5. The molecule has 1 amide bonds. The zero-order chi connectivity index (χ0) is 35.3. The van der Waals surface area contributed by atoms with Crippen LogP contribution in [-0.4, -0.2) is 60.1 Å². The van der Waals surface area contributed by atoms with Crippen molar-refractivity contribution in [2.45, 2.75) is 68.6 Å². The van der Waals surface area contributed by atoms with Gasteiger partial charge in [0.15, 0.2) is 0 Å². The first-order valence-electron chi connectivity index (χ1n) is 17.7. The Morgan fingerprint density at radius 2 is 1.96 bits per heavy atom. The molecule has 7 atom stereocenters. The maximum absolute atomic E-state index is 14.0. The predicted molar refractivity (Wildman–Crippen MR) is 201 cm³/mol. The minimum atomic E-state index is -2.99. The third kappa shape index (κ3) is 6.09. The number of rotatable bonds is 3. The van der Waals surface area contributed by atoms with Gasteiger partial charge in [-0.1, -0.05) is 36.7 Å². The molecule has 1 spiro atoms. The monoisotopic (exact) mass is 717 g/mol. The van der Waals surface area contributed by atoms with E-state index >= 15 is 0 Å². The molecule has 0 saturated heterocycles. The first-order valence-corrected chi connectivity index (χ1v) is 19.9. The molecule has 7 rings (SSSR count). The first kappa shape index (κ1) is 34.9. The van der Waals surface area contributed by atoms with Crippen molar-refractivity contribution in [2.75, 3.05) is 38.8 Å². The number of amides is 1. The van der Waals surface area contributed by atoms with Crippen LogP contribution in [0.15, 0.2) is 66.9 Å². The van der Waals surface area contributed by atoms with Crippen molar-refractivity contribution in [1.29, 1.82) is 0 Å². The molecule has 3 heterocycles. The number of ether oxygens (including phenoxy) is 3. The predicted octanol–water partition coefficient (Wildman–Crippen LogP) is 7.13. The Bertz CT molecular complexity index is 1920. The molecule has 8 nitrogen and oxygen atoms in total. The number of carbonyl (C=O) groups excluding carboxylic acids is 1. The van der Waals surface area contributed by atoms with Crippen LogP contribution in [0.3, 0.4) is 0 Å². The second kappa shape index (κ2) is 13.5. The molecule has 1 saturated carbocycles. The molecule has 1 fully saturated rings. The fourth-order valence-corrected chi connectivity index (χ4v) is 10.5. The van der Waals surface area contributed by atoms with Gasteiger partial charge in [-0.3, -0.25) is 9.52 Å². The molecule has 2 aliphatic carbocycles. The normalized spacial score (nSPS) is 33.1. The molecular formula is C40H48ClN3O5S. The van der Waals surface area contributed by atoms with E-state index in [1.165, 1.54) is 11.1 Å². The summed E-state index contributed by atoms with van der Waals surface area (Å²) < 4.78 is 36.0. The Morgan fingerprint density at radius 1 is 1.12 bits per heavy atom. The molecule has 2 bridgehead atoms. The third-order valence-corrected chi connectivity index (χ3v) is 14.4. The maximum Gasteiger partial charge on any atom is 0.262 e. The van der Waals surface area contributed by atoms with Crippen LogP contribution in [0.1, 0.15) is 73.0 Å². The molecule has 50 heavy (non-hydrogen) atoms. The first-order chi connectivity index (χ1) is 24.0. The number of aryl methyl sites for hydroxylation is 1. The Kier molecular flexibility index (Phi) is 9.46. The number of aromatic nitrogens is 1. The summed E-state index contributed by atoms with van der Waals surface area (Å²) in [5.41, 5.74) is 3.67. The number of nitrogens with zero attached hydrogens (tertiary/aromatic N) is 2. The summed E-state index contributed by atoms with van der Waals surface area (Å²) in [6, 6.07) is 15.8. The lowest BCUT2D eigenvalue weighted by molar-refractivity contribution is -0.0817. The van der Waals surface area contributed by atoms with Crippen molar-refractivity contribution in [1.82, 2.24) is 9.71 Å². The van der Waals surface area contributed by atoms with Gasteiger partial charge in [-0.05, 0) is 117 Å². The summed E-state index contributed by atoms with van der Waals surface area (Å²) in [6.45, 7) is 5.91. The van der Waals surface area contributed by atoms with Gasteiger partial charge in [-0.15, -0.1) is 0 Å². The van der Waals surface area contributed by atoms with Gasteiger partial charge in [-0.2, -0.15) is 0 Å². The Morgan fingerprint density at radius 3 is 2.72 bits per heavy atom. The van der Waals surface area contributed by atoms with Crippen molar-refractivity contribution in [2.24, 2.45) is 17.8 Å². The van der Waals surface area contributed by atoms with Crippen molar-refractivity contribution in [3.63, 3.8) is 0 Å². The molecule has 3 aromatic rings. The Balaban J connectivity index is 1.38. The summed E-state index contributed by atoms with van der Waals surface area (Å²) in [7, 11) is 0.429. The molecule has 2 aliphatic heterocycles. The van der Waals surface area contributed by atoms with Gasteiger partial charge < -0.3 is 19.1 Å². The van der Waals surface area contributed by atoms with Gasteiger partial charge in [-0.25, -0.2) is 9.19 Å². The lowest BCUT2D eigenvalue weighted by Gasteiger charge is -2.50. The molecule has 2 aromatic carbocycles. The van der Waals surface area contributed by atoms with Crippen LogP contribution in [0.5, 0.6) is 11.6 Å². The molecule has 1 unspecified atom stereocenters. The van der Waals surface area contributed by atoms with Crippen LogP contribution < -0.4 is 19.1 Å². The minimum Gasteiger partial charge on any atom is -0.490 e. The fraction of sp³-hybridized carbons (Fsp3) is 0.475. The van der Waals surface area contributed by atoms with Crippen LogP contribution in [0, 0.1) is 17.8 Å². The van der Waals surface area contributed by atoms with Crippen molar-refractivity contribution < 1.29 is 23.2 Å². The molecule has 266 valence electrons. The Hall–Kier alpha value is -3.53. The summed E-state index contributed by atoms with van der Waals surface area (Å²) in [6.07, 6.45) is 11.7. The number of nitrogens with one attached hydrogen (secondary N) is 1. The highest BCUT2D eigenvalue weighted by atomic mass is 35.5. The van der Waals surface area contributed by atoms with E-state index in [0.29, 0.717) is 24.5 Å². The minimum absolute atomic E-state index is 0.0348. The topological polar surface area (TPSA) is 90.0 Å². The Labute approximate surface area is 301 Å². The van der Waals surface area contributed by atoms with Crippen molar-refractivity contribution in [3.05, 3.63) is 94.2 Å². The number of allylic oxidation sites excluding steroid dienone is 1. The van der Waals surface area contributed by atoms with E-state index < -0.39 is 21.2 Å². The van der Waals surface area contributed by atoms with Gasteiger partial charge in [0.2, 0.25) is 5.88 Å².